The summed E-state index contributed by atoms with van der Waals surface area (Å²) >= 11 is 0. The summed E-state index contributed by atoms with van der Waals surface area (Å²) in [5.41, 5.74) is -0.976. The van der Waals surface area contributed by atoms with Crippen LogP contribution in [0.25, 0.3) is 0 Å². The van der Waals surface area contributed by atoms with E-state index in [0.29, 0.717) is 17.9 Å². The molecular formula is C16H29N2O4S2. The number of nitrogens with one attached hydrogen (secondary N) is 1. The van der Waals surface area contributed by atoms with E-state index in [-0.39, 0.29) is 5.91 Å². The third-order valence-electron chi connectivity index (χ3n) is 4.09. The Morgan fingerprint density at radius 3 is 2.25 bits per heavy atom. The number of rotatable bonds is 9. The van der Waals surface area contributed by atoms with Crippen molar-refractivity contribution in [2.24, 2.45) is 0 Å². The minimum atomic E-state index is -2.94. The van der Waals surface area contributed by atoms with Crippen molar-refractivity contribution in [3.8, 4) is 0 Å². The van der Waals surface area contributed by atoms with Crippen molar-refractivity contribution in [1.82, 2.24) is 10.4 Å². The molecule has 1 amide bonds. The topological polar surface area (TPSA) is 86.4 Å². The zero-order valence-electron chi connectivity index (χ0n) is 15.2. The zero-order valence-corrected chi connectivity index (χ0v) is 16.8. The number of nitrogens with zero attached hydrogens (tertiary/aromatic N) is 1. The number of hydrogen-bond acceptors (Lipinski definition) is 5. The van der Waals surface area contributed by atoms with Gasteiger partial charge in [-0.3, -0.25) is 4.79 Å². The molecule has 0 aliphatic carbocycles. The molecule has 139 valence electrons. The van der Waals surface area contributed by atoms with Crippen molar-refractivity contribution < 1.29 is 18.4 Å². The number of unbranched alkanes of at least 4 members (excludes halogenated alkanes) is 3. The smallest absolute Gasteiger partial charge is 0.248 e. The van der Waals surface area contributed by atoms with E-state index in [9.17, 15) is 18.4 Å². The third kappa shape index (κ3) is 6.06. The molecule has 1 heterocycles. The van der Waals surface area contributed by atoms with Gasteiger partial charge in [-0.1, -0.05) is 18.9 Å². The molecule has 0 aromatic rings. The monoisotopic (exact) mass is 377 g/mol. The number of carbonyl (C=O) groups excluding carboxylic acids is 1. The zero-order chi connectivity index (χ0) is 18.6. The van der Waals surface area contributed by atoms with Crippen LogP contribution in [0.1, 0.15) is 53.4 Å². The van der Waals surface area contributed by atoms with Gasteiger partial charge in [0.1, 0.15) is 0 Å². The van der Waals surface area contributed by atoms with Gasteiger partial charge in [0.05, 0.1) is 11.1 Å². The summed E-state index contributed by atoms with van der Waals surface area (Å²) in [5.74, 6) is 0.430. The highest BCUT2D eigenvalue weighted by Gasteiger charge is 2.48. The quantitative estimate of drug-likeness (QED) is 0.493. The van der Waals surface area contributed by atoms with Gasteiger partial charge in [-0.15, -0.1) is 10.3 Å². The standard InChI is InChI=1S/C16H29N2O4S2/c1-15(2)12-13(16(3,4)18(15)20)14(19)17-10-8-6-7-9-11-23-24(5,21)22/h12H,6-11H2,1-5H3,(H,17,19). The molecule has 6 nitrogen and oxygen atoms in total. The van der Waals surface area contributed by atoms with Gasteiger partial charge in [0.15, 0.2) is 8.87 Å². The summed E-state index contributed by atoms with van der Waals surface area (Å²) in [5, 5.41) is 16.1. The lowest BCUT2D eigenvalue weighted by Crippen LogP contribution is -2.48. The van der Waals surface area contributed by atoms with Gasteiger partial charge >= 0.3 is 0 Å². The van der Waals surface area contributed by atoms with Crippen LogP contribution < -0.4 is 5.32 Å². The van der Waals surface area contributed by atoms with Gasteiger partial charge in [-0.25, -0.2) is 8.42 Å². The van der Waals surface area contributed by atoms with Crippen molar-refractivity contribution in [2.75, 3.05) is 18.6 Å². The van der Waals surface area contributed by atoms with Crippen LogP contribution in [0.15, 0.2) is 11.6 Å². The summed E-state index contributed by atoms with van der Waals surface area (Å²) in [6.45, 7) is 7.69. The molecule has 24 heavy (non-hydrogen) atoms. The van der Waals surface area contributed by atoms with Crippen molar-refractivity contribution >= 4 is 25.6 Å². The van der Waals surface area contributed by atoms with E-state index >= 15 is 0 Å². The molecule has 1 aliphatic heterocycles. The van der Waals surface area contributed by atoms with Gasteiger partial charge in [-0.05, 0) is 51.3 Å². The Kier molecular flexibility index (Phi) is 7.34. The summed E-state index contributed by atoms with van der Waals surface area (Å²) < 4.78 is 21.9. The Balaban J connectivity index is 2.28. The number of amides is 1. The van der Waals surface area contributed by atoms with Crippen molar-refractivity contribution in [3.05, 3.63) is 11.6 Å². The highest BCUT2D eigenvalue weighted by Crippen LogP contribution is 2.38. The lowest BCUT2D eigenvalue weighted by Gasteiger charge is -2.33. The van der Waals surface area contributed by atoms with Gasteiger partial charge < -0.3 is 5.32 Å². The molecule has 0 aromatic heterocycles. The summed E-state index contributed by atoms with van der Waals surface area (Å²) in [4.78, 5) is 12.3. The second-order valence-corrected chi connectivity index (χ2v) is 11.8. The molecule has 8 heteroatoms. The maximum atomic E-state index is 12.3. The lowest BCUT2D eigenvalue weighted by atomic mass is 9.96. The maximum Gasteiger partial charge on any atom is 0.248 e. The Bertz CT molecular complexity index is 583. The highest BCUT2D eigenvalue weighted by atomic mass is 33.1. The first-order valence-electron chi connectivity index (χ1n) is 8.21. The molecule has 1 rings (SSSR count). The van der Waals surface area contributed by atoms with Gasteiger partial charge in [0.25, 0.3) is 0 Å². The molecule has 1 aliphatic rings. The third-order valence-corrected chi connectivity index (χ3v) is 6.75. The normalized spacial score (nSPS) is 20.0. The molecular weight excluding hydrogens is 348 g/mol. The molecule has 0 unspecified atom stereocenters. The summed E-state index contributed by atoms with van der Waals surface area (Å²) in [6.07, 6.45) is 6.53. The molecule has 0 spiro atoms. The largest absolute Gasteiger partial charge is 0.352 e. The predicted octanol–water partition coefficient (Wildman–Crippen LogP) is 2.50. The molecule has 0 saturated heterocycles. The Morgan fingerprint density at radius 1 is 1.17 bits per heavy atom. The summed E-state index contributed by atoms with van der Waals surface area (Å²) in [6, 6.07) is 0. The van der Waals surface area contributed by atoms with E-state index < -0.39 is 19.9 Å². The van der Waals surface area contributed by atoms with E-state index in [1.165, 1.54) is 6.26 Å². The molecule has 0 fully saturated rings. The van der Waals surface area contributed by atoms with Gasteiger partial charge in [0.2, 0.25) is 5.91 Å². The molecule has 1 N–H and O–H groups in total. The average Bonchev–Trinajstić information content (AvgIpc) is 2.60. The molecule has 0 aromatic carbocycles. The minimum Gasteiger partial charge on any atom is -0.352 e. The van der Waals surface area contributed by atoms with E-state index in [1.54, 1.807) is 33.8 Å². The van der Waals surface area contributed by atoms with E-state index in [2.05, 4.69) is 5.32 Å². The van der Waals surface area contributed by atoms with Crippen LogP contribution in [-0.2, 0) is 18.9 Å². The first-order chi connectivity index (χ1) is 10.9. The fourth-order valence-electron chi connectivity index (χ4n) is 2.85. The lowest BCUT2D eigenvalue weighted by molar-refractivity contribution is -0.238. The van der Waals surface area contributed by atoms with Crippen LogP contribution >= 0.6 is 10.8 Å². The van der Waals surface area contributed by atoms with Crippen LogP contribution in [0.3, 0.4) is 0 Å². The van der Waals surface area contributed by atoms with Crippen LogP contribution in [0.5, 0.6) is 0 Å². The number of hydroxylamine groups is 2. The first-order valence-corrected chi connectivity index (χ1v) is 11.6. The molecule has 0 bridgehead atoms. The molecule has 1 radical (unpaired) electrons. The second-order valence-electron chi connectivity index (χ2n) is 7.26. The second kappa shape index (κ2) is 8.21. The Morgan fingerprint density at radius 2 is 1.75 bits per heavy atom. The Labute approximate surface area is 149 Å². The van der Waals surface area contributed by atoms with Crippen LogP contribution in [-0.4, -0.2) is 49.0 Å². The number of carbonyl (C=O) groups is 1. The van der Waals surface area contributed by atoms with Crippen LogP contribution in [0.2, 0.25) is 0 Å². The fraction of sp³-hybridized carbons (Fsp3) is 0.812. The van der Waals surface area contributed by atoms with E-state index in [1.807, 2.05) is 0 Å². The van der Waals surface area contributed by atoms with Crippen LogP contribution in [0, 0.1) is 0 Å². The predicted molar refractivity (Wildman–Crippen MR) is 97.5 cm³/mol. The van der Waals surface area contributed by atoms with Crippen molar-refractivity contribution in [1.29, 1.82) is 0 Å². The van der Waals surface area contributed by atoms with Gasteiger partial charge in [0, 0.05) is 24.1 Å². The summed E-state index contributed by atoms with van der Waals surface area (Å²) in [7, 11) is -1.96. The minimum absolute atomic E-state index is 0.181. The fourth-order valence-corrected chi connectivity index (χ4v) is 4.74. The van der Waals surface area contributed by atoms with E-state index in [0.717, 1.165) is 41.5 Å². The average molecular weight is 378 g/mol. The van der Waals surface area contributed by atoms with Gasteiger partial charge in [-0.2, -0.15) is 0 Å². The van der Waals surface area contributed by atoms with Crippen molar-refractivity contribution in [3.63, 3.8) is 0 Å². The number of hydrogen-bond donors (Lipinski definition) is 1. The maximum absolute atomic E-state index is 12.3. The SMILES string of the molecule is CC1(C)C=C(C(=O)NCCCCCCSS(C)(=O)=O)C(C)(C)N1[O]. The van der Waals surface area contributed by atoms with Crippen LogP contribution in [0.4, 0.5) is 0 Å². The molecule has 0 saturated carbocycles. The first kappa shape index (κ1) is 21.5. The van der Waals surface area contributed by atoms with E-state index in [4.69, 9.17) is 0 Å². The highest BCUT2D eigenvalue weighted by molar-refractivity contribution is 8.71. The Hall–Kier alpha value is -0.570. The molecule has 0 atom stereocenters. The van der Waals surface area contributed by atoms with Crippen molar-refractivity contribution in [2.45, 2.75) is 64.5 Å².